The maximum absolute atomic E-state index is 11.3. The van der Waals surface area contributed by atoms with Crippen molar-refractivity contribution in [2.75, 3.05) is 11.9 Å². The Kier molecular flexibility index (Phi) is 5.26. The summed E-state index contributed by atoms with van der Waals surface area (Å²) in [4.78, 5) is 11.3. The van der Waals surface area contributed by atoms with Gasteiger partial charge in [-0.1, -0.05) is 12.1 Å². The van der Waals surface area contributed by atoms with Gasteiger partial charge in [-0.25, -0.2) is 13.6 Å². The van der Waals surface area contributed by atoms with Crippen LogP contribution in [0.1, 0.15) is 18.4 Å². The molecular weight excluding hydrogens is 256 g/mol. The van der Waals surface area contributed by atoms with E-state index in [0.29, 0.717) is 17.7 Å². The molecule has 4 N–H and O–H groups in total. The third kappa shape index (κ3) is 5.76. The zero-order chi connectivity index (χ0) is 13.6. The van der Waals surface area contributed by atoms with E-state index in [-0.39, 0.29) is 24.7 Å². The van der Waals surface area contributed by atoms with E-state index in [2.05, 4.69) is 5.32 Å². The molecule has 6 nitrogen and oxygen atoms in total. The van der Waals surface area contributed by atoms with Gasteiger partial charge in [0, 0.05) is 18.7 Å². The zero-order valence-corrected chi connectivity index (χ0v) is 10.6. The Bertz CT molecular complexity index is 496. The molecule has 0 aliphatic rings. The Labute approximate surface area is 106 Å². The minimum Gasteiger partial charge on any atom is -0.396 e. The highest BCUT2D eigenvalue weighted by atomic mass is 32.2. The predicted octanol–water partition coefficient (Wildman–Crippen LogP) is 0.186. The average molecular weight is 272 g/mol. The molecule has 0 aliphatic carbocycles. The molecule has 0 aliphatic heterocycles. The number of sulfonamides is 1. The van der Waals surface area contributed by atoms with Crippen molar-refractivity contribution < 1.29 is 18.3 Å². The lowest BCUT2D eigenvalue weighted by Gasteiger charge is -2.05. The van der Waals surface area contributed by atoms with Gasteiger partial charge in [0.05, 0.1) is 5.75 Å². The van der Waals surface area contributed by atoms with Crippen LogP contribution in [0, 0.1) is 0 Å². The van der Waals surface area contributed by atoms with Gasteiger partial charge in [-0.3, -0.25) is 4.79 Å². The number of nitrogens with one attached hydrogen (secondary N) is 1. The molecule has 7 heteroatoms. The van der Waals surface area contributed by atoms with Crippen LogP contribution >= 0.6 is 0 Å². The number of nitrogens with two attached hydrogens (primary N) is 1. The smallest absolute Gasteiger partial charge is 0.224 e. The van der Waals surface area contributed by atoms with Gasteiger partial charge >= 0.3 is 0 Å². The number of hydrogen-bond acceptors (Lipinski definition) is 4. The topological polar surface area (TPSA) is 109 Å². The number of aliphatic hydroxyl groups excluding tert-OH is 1. The predicted molar refractivity (Wildman–Crippen MR) is 68.2 cm³/mol. The molecule has 0 unspecified atom stereocenters. The molecule has 1 rings (SSSR count). The van der Waals surface area contributed by atoms with E-state index in [0.717, 1.165) is 0 Å². The third-order valence-electron chi connectivity index (χ3n) is 2.17. The summed E-state index contributed by atoms with van der Waals surface area (Å²) in [5.74, 6) is -0.422. The quantitative estimate of drug-likeness (QED) is 0.686. The first kappa shape index (κ1) is 14.6. The molecule has 18 heavy (non-hydrogen) atoms. The number of hydrogen-bond donors (Lipinski definition) is 3. The molecule has 0 saturated carbocycles. The lowest BCUT2D eigenvalue weighted by atomic mass is 10.2. The molecule has 1 amide bonds. The van der Waals surface area contributed by atoms with Gasteiger partial charge in [0.25, 0.3) is 0 Å². The molecule has 0 radical (unpaired) electrons. The van der Waals surface area contributed by atoms with E-state index in [4.69, 9.17) is 10.2 Å². The van der Waals surface area contributed by atoms with Gasteiger partial charge in [0.15, 0.2) is 0 Å². The summed E-state index contributed by atoms with van der Waals surface area (Å²) in [5, 5.41) is 16.1. The second-order valence-corrected chi connectivity index (χ2v) is 5.49. The van der Waals surface area contributed by atoms with Crippen molar-refractivity contribution in [3.63, 3.8) is 0 Å². The monoisotopic (exact) mass is 272 g/mol. The normalized spacial score (nSPS) is 11.2. The van der Waals surface area contributed by atoms with Crippen LogP contribution in [-0.2, 0) is 20.6 Å². The van der Waals surface area contributed by atoms with Gasteiger partial charge in [-0.05, 0) is 24.1 Å². The fourth-order valence-electron chi connectivity index (χ4n) is 1.38. The second kappa shape index (κ2) is 6.48. The van der Waals surface area contributed by atoms with Crippen molar-refractivity contribution >= 4 is 21.6 Å². The maximum atomic E-state index is 11.3. The molecule has 1 aromatic carbocycles. The van der Waals surface area contributed by atoms with Crippen LogP contribution in [0.25, 0.3) is 0 Å². The summed E-state index contributed by atoms with van der Waals surface area (Å²) in [7, 11) is -3.54. The van der Waals surface area contributed by atoms with E-state index >= 15 is 0 Å². The molecule has 0 bridgehead atoms. The molecule has 1 aromatic rings. The van der Waals surface area contributed by atoms with Crippen molar-refractivity contribution in [2.24, 2.45) is 5.14 Å². The number of carbonyl (C=O) groups is 1. The molecule has 0 heterocycles. The van der Waals surface area contributed by atoms with Gasteiger partial charge in [-0.2, -0.15) is 0 Å². The first-order valence-corrected chi connectivity index (χ1v) is 7.12. The van der Waals surface area contributed by atoms with Crippen LogP contribution in [0.5, 0.6) is 0 Å². The number of primary sulfonamides is 1. The highest BCUT2D eigenvalue weighted by Crippen LogP contribution is 2.11. The van der Waals surface area contributed by atoms with Crippen molar-refractivity contribution in [1.82, 2.24) is 0 Å². The Morgan fingerprint density at radius 1 is 1.28 bits per heavy atom. The number of rotatable bonds is 6. The Hall–Kier alpha value is -1.44. The number of aliphatic hydroxyl groups is 1. The summed E-state index contributed by atoms with van der Waals surface area (Å²) in [5.41, 5.74) is 1.14. The van der Waals surface area contributed by atoms with Crippen LogP contribution in [0.2, 0.25) is 0 Å². The van der Waals surface area contributed by atoms with E-state index < -0.39 is 10.0 Å². The molecule has 100 valence electrons. The van der Waals surface area contributed by atoms with Crippen LogP contribution in [-0.4, -0.2) is 26.0 Å². The molecule has 0 aromatic heterocycles. The first-order chi connectivity index (χ1) is 8.40. The minimum atomic E-state index is -3.54. The highest BCUT2D eigenvalue weighted by molar-refractivity contribution is 7.88. The average Bonchev–Trinajstić information content (AvgIpc) is 2.27. The fraction of sp³-hybridized carbons (Fsp3) is 0.364. The Balaban J connectivity index is 2.58. The SMILES string of the molecule is NS(=O)(=O)Cc1ccc(NC(=O)CCCO)cc1. The Morgan fingerprint density at radius 3 is 2.39 bits per heavy atom. The summed E-state index contributed by atoms with van der Waals surface area (Å²) < 4.78 is 21.7. The van der Waals surface area contributed by atoms with Crippen LogP contribution in [0.15, 0.2) is 24.3 Å². The standard InChI is InChI=1S/C11H16N2O4S/c12-18(16,17)8-9-3-5-10(6-4-9)13-11(15)2-1-7-14/h3-6,14H,1-2,7-8H2,(H,13,15)(H2,12,16,17). The van der Waals surface area contributed by atoms with Gasteiger partial charge in [-0.15, -0.1) is 0 Å². The van der Waals surface area contributed by atoms with Crippen molar-refractivity contribution in [2.45, 2.75) is 18.6 Å². The molecule has 0 fully saturated rings. The van der Waals surface area contributed by atoms with E-state index in [9.17, 15) is 13.2 Å². The van der Waals surface area contributed by atoms with Crippen LogP contribution in [0.3, 0.4) is 0 Å². The van der Waals surface area contributed by atoms with Crippen molar-refractivity contribution in [3.05, 3.63) is 29.8 Å². The molecule has 0 atom stereocenters. The molecule has 0 saturated heterocycles. The lowest BCUT2D eigenvalue weighted by molar-refractivity contribution is -0.116. The van der Waals surface area contributed by atoms with Gasteiger partial charge < -0.3 is 10.4 Å². The summed E-state index contributed by atoms with van der Waals surface area (Å²) in [6.07, 6.45) is 0.658. The van der Waals surface area contributed by atoms with E-state index in [1.165, 1.54) is 0 Å². The summed E-state index contributed by atoms with van der Waals surface area (Å²) in [6.45, 7) is -0.0271. The fourth-order valence-corrected chi connectivity index (χ4v) is 2.04. The van der Waals surface area contributed by atoms with E-state index in [1.54, 1.807) is 24.3 Å². The Morgan fingerprint density at radius 2 is 1.89 bits per heavy atom. The van der Waals surface area contributed by atoms with Gasteiger partial charge in [0.2, 0.25) is 15.9 Å². The molecular formula is C11H16N2O4S. The van der Waals surface area contributed by atoms with E-state index in [1.807, 2.05) is 0 Å². The van der Waals surface area contributed by atoms with Crippen LogP contribution in [0.4, 0.5) is 5.69 Å². The van der Waals surface area contributed by atoms with Crippen molar-refractivity contribution in [1.29, 1.82) is 0 Å². The summed E-state index contributed by atoms with van der Waals surface area (Å²) >= 11 is 0. The number of amides is 1. The second-order valence-electron chi connectivity index (χ2n) is 3.88. The number of anilines is 1. The van der Waals surface area contributed by atoms with Crippen molar-refractivity contribution in [3.8, 4) is 0 Å². The first-order valence-electron chi connectivity index (χ1n) is 5.41. The van der Waals surface area contributed by atoms with Gasteiger partial charge in [0.1, 0.15) is 0 Å². The largest absolute Gasteiger partial charge is 0.396 e. The summed E-state index contributed by atoms with van der Waals surface area (Å²) in [6, 6.07) is 6.40. The highest BCUT2D eigenvalue weighted by Gasteiger charge is 2.05. The maximum Gasteiger partial charge on any atom is 0.224 e. The van der Waals surface area contributed by atoms with Crippen LogP contribution < -0.4 is 10.5 Å². The number of benzene rings is 1. The number of carbonyl (C=O) groups excluding carboxylic acids is 1. The minimum absolute atomic E-state index is 0.0271. The zero-order valence-electron chi connectivity index (χ0n) is 9.80. The third-order valence-corrected chi connectivity index (χ3v) is 2.90. The molecule has 0 spiro atoms. The lowest BCUT2D eigenvalue weighted by Crippen LogP contribution is -2.14.